The molecule has 0 amide bonds. The molecule has 1 heterocycles. The van der Waals surface area contributed by atoms with Crippen molar-refractivity contribution in [2.45, 2.75) is 25.2 Å². The van der Waals surface area contributed by atoms with E-state index < -0.39 is 5.92 Å². The van der Waals surface area contributed by atoms with Gasteiger partial charge >= 0.3 is 0 Å². The summed E-state index contributed by atoms with van der Waals surface area (Å²) in [5.74, 6) is 0.204. The molecule has 0 saturated carbocycles. The molecule has 1 aliphatic carbocycles. The maximum Gasteiger partial charge on any atom is 0.205 e. The quantitative estimate of drug-likeness (QED) is 0.791. The highest BCUT2D eigenvalue weighted by Gasteiger charge is 2.40. The number of allylic oxidation sites excluding steroid dienone is 2. The number of benzene rings is 2. The summed E-state index contributed by atoms with van der Waals surface area (Å²) in [6, 6.07) is 22.5. The standard InChI is InChI=1S/C23H20N2O/c24-15-20-21(17-10-5-2-6-11-17)19-13-7-12-18(22(19)26-23(20)25)14-16-8-3-1-4-9-16/h1-6,8-11,14,20-21,25H,7,12-13H2/b18-14+,25-23?. The number of hydrogen-bond acceptors (Lipinski definition) is 3. The zero-order valence-corrected chi connectivity index (χ0v) is 14.5. The SMILES string of the molecule is N#CC1C(=N)OC2=C(CCC/C2=C\c2ccccc2)C1c1ccccc1. The van der Waals surface area contributed by atoms with Crippen LogP contribution in [0.3, 0.4) is 0 Å². The molecule has 3 heteroatoms. The van der Waals surface area contributed by atoms with Gasteiger partial charge < -0.3 is 4.74 Å². The fraction of sp³-hybridized carbons (Fsp3) is 0.217. The average molecular weight is 340 g/mol. The minimum Gasteiger partial charge on any atom is -0.442 e. The molecule has 1 aliphatic heterocycles. The lowest BCUT2D eigenvalue weighted by molar-refractivity contribution is 0.335. The number of rotatable bonds is 2. The summed E-state index contributed by atoms with van der Waals surface area (Å²) in [6.07, 6.45) is 5.03. The predicted molar refractivity (Wildman–Crippen MR) is 102 cm³/mol. The van der Waals surface area contributed by atoms with Crippen LogP contribution in [-0.2, 0) is 4.74 Å². The third-order valence-electron chi connectivity index (χ3n) is 5.12. The minimum atomic E-state index is -0.563. The van der Waals surface area contributed by atoms with Crippen LogP contribution in [0, 0.1) is 22.7 Å². The minimum absolute atomic E-state index is 0.0564. The van der Waals surface area contributed by atoms with Gasteiger partial charge in [0.25, 0.3) is 0 Å². The fourth-order valence-electron chi connectivity index (χ4n) is 3.93. The Morgan fingerprint density at radius 1 is 1.00 bits per heavy atom. The van der Waals surface area contributed by atoms with Crippen LogP contribution >= 0.6 is 0 Å². The molecular weight excluding hydrogens is 320 g/mol. The molecule has 128 valence electrons. The third kappa shape index (κ3) is 2.95. The number of ether oxygens (including phenoxy) is 1. The second kappa shape index (κ2) is 7.01. The van der Waals surface area contributed by atoms with Crippen LogP contribution in [0.5, 0.6) is 0 Å². The van der Waals surface area contributed by atoms with Gasteiger partial charge in [-0.2, -0.15) is 5.26 Å². The Hall–Kier alpha value is -3.12. The van der Waals surface area contributed by atoms with Gasteiger partial charge in [-0.3, -0.25) is 5.41 Å². The summed E-state index contributed by atoms with van der Waals surface area (Å²) in [6.45, 7) is 0. The number of nitrogens with zero attached hydrogens (tertiary/aromatic N) is 1. The van der Waals surface area contributed by atoms with Gasteiger partial charge in [-0.25, -0.2) is 0 Å². The van der Waals surface area contributed by atoms with Crippen LogP contribution in [0.2, 0.25) is 0 Å². The van der Waals surface area contributed by atoms with Gasteiger partial charge in [0.2, 0.25) is 5.90 Å². The summed E-state index contributed by atoms with van der Waals surface area (Å²) in [5, 5.41) is 18.0. The lowest BCUT2D eigenvalue weighted by Crippen LogP contribution is -2.32. The van der Waals surface area contributed by atoms with Crippen molar-refractivity contribution in [3.8, 4) is 6.07 Å². The van der Waals surface area contributed by atoms with Gasteiger partial charge in [0.15, 0.2) is 0 Å². The zero-order valence-electron chi connectivity index (χ0n) is 14.5. The van der Waals surface area contributed by atoms with Crippen molar-refractivity contribution in [1.29, 1.82) is 10.7 Å². The monoisotopic (exact) mass is 340 g/mol. The molecule has 2 atom stereocenters. The topological polar surface area (TPSA) is 56.9 Å². The van der Waals surface area contributed by atoms with E-state index in [1.165, 1.54) is 0 Å². The number of hydrogen-bond donors (Lipinski definition) is 1. The number of nitriles is 1. The lowest BCUT2D eigenvalue weighted by atomic mass is 9.74. The van der Waals surface area contributed by atoms with Crippen molar-refractivity contribution in [2.75, 3.05) is 0 Å². The molecule has 0 aromatic heterocycles. The highest BCUT2D eigenvalue weighted by Crippen LogP contribution is 2.46. The first-order valence-corrected chi connectivity index (χ1v) is 8.98. The Morgan fingerprint density at radius 3 is 2.38 bits per heavy atom. The molecule has 0 bridgehead atoms. The van der Waals surface area contributed by atoms with Gasteiger partial charge in [-0.15, -0.1) is 0 Å². The summed E-state index contributed by atoms with van der Waals surface area (Å²) in [5.41, 5.74) is 4.50. The van der Waals surface area contributed by atoms with Crippen molar-refractivity contribution in [3.63, 3.8) is 0 Å². The van der Waals surface area contributed by atoms with Gasteiger partial charge in [0.05, 0.1) is 6.07 Å². The van der Waals surface area contributed by atoms with Crippen molar-refractivity contribution in [2.24, 2.45) is 5.92 Å². The Bertz CT molecular complexity index is 920. The first-order valence-electron chi connectivity index (χ1n) is 8.98. The van der Waals surface area contributed by atoms with E-state index in [2.05, 4.69) is 24.3 Å². The summed E-state index contributed by atoms with van der Waals surface area (Å²) in [7, 11) is 0. The molecule has 2 aromatic carbocycles. The zero-order chi connectivity index (χ0) is 17.9. The van der Waals surface area contributed by atoms with E-state index in [0.29, 0.717) is 0 Å². The van der Waals surface area contributed by atoms with Crippen LogP contribution in [0.1, 0.15) is 36.3 Å². The van der Waals surface area contributed by atoms with E-state index >= 15 is 0 Å². The highest BCUT2D eigenvalue weighted by molar-refractivity contribution is 5.84. The summed E-state index contributed by atoms with van der Waals surface area (Å²) < 4.78 is 5.90. The molecule has 0 saturated heterocycles. The van der Waals surface area contributed by atoms with E-state index in [9.17, 15) is 5.26 Å². The van der Waals surface area contributed by atoms with Crippen LogP contribution in [0.4, 0.5) is 0 Å². The van der Waals surface area contributed by atoms with Crippen molar-refractivity contribution >= 4 is 12.0 Å². The van der Waals surface area contributed by atoms with Crippen LogP contribution in [-0.4, -0.2) is 5.90 Å². The van der Waals surface area contributed by atoms with Crippen molar-refractivity contribution in [3.05, 3.63) is 88.7 Å². The average Bonchev–Trinajstić information content (AvgIpc) is 2.69. The third-order valence-corrected chi connectivity index (χ3v) is 5.12. The molecule has 4 rings (SSSR count). The molecule has 0 fully saturated rings. The van der Waals surface area contributed by atoms with Gasteiger partial charge in [-0.05, 0) is 47.6 Å². The Kier molecular flexibility index (Phi) is 4.41. The van der Waals surface area contributed by atoms with Gasteiger partial charge in [-0.1, -0.05) is 60.7 Å². The van der Waals surface area contributed by atoms with E-state index in [4.69, 9.17) is 10.1 Å². The van der Waals surface area contributed by atoms with E-state index in [1.807, 2.05) is 48.5 Å². The Labute approximate surface area is 153 Å². The smallest absolute Gasteiger partial charge is 0.205 e. The Morgan fingerprint density at radius 2 is 1.69 bits per heavy atom. The largest absolute Gasteiger partial charge is 0.442 e. The lowest BCUT2D eigenvalue weighted by Gasteiger charge is -2.36. The molecule has 1 N–H and O–H groups in total. The second-order valence-electron chi connectivity index (χ2n) is 6.75. The molecule has 26 heavy (non-hydrogen) atoms. The van der Waals surface area contributed by atoms with Gasteiger partial charge in [0, 0.05) is 5.92 Å². The van der Waals surface area contributed by atoms with Crippen molar-refractivity contribution in [1.82, 2.24) is 0 Å². The molecule has 2 aromatic rings. The van der Waals surface area contributed by atoms with Crippen molar-refractivity contribution < 1.29 is 4.74 Å². The highest BCUT2D eigenvalue weighted by atomic mass is 16.5. The normalized spacial score (nSPS) is 24.0. The second-order valence-corrected chi connectivity index (χ2v) is 6.75. The first kappa shape index (κ1) is 16.4. The van der Waals surface area contributed by atoms with E-state index in [-0.39, 0.29) is 11.8 Å². The molecular formula is C23H20N2O. The summed E-state index contributed by atoms with van der Waals surface area (Å²) in [4.78, 5) is 0. The van der Waals surface area contributed by atoms with Crippen LogP contribution < -0.4 is 0 Å². The molecule has 0 spiro atoms. The maximum absolute atomic E-state index is 9.68. The first-order chi connectivity index (χ1) is 12.8. The Balaban J connectivity index is 1.84. The maximum atomic E-state index is 9.68. The van der Waals surface area contributed by atoms with E-state index in [1.54, 1.807) is 0 Å². The van der Waals surface area contributed by atoms with E-state index in [0.717, 1.165) is 47.3 Å². The molecule has 0 radical (unpaired) electrons. The van der Waals surface area contributed by atoms with Crippen LogP contribution in [0.25, 0.3) is 6.08 Å². The summed E-state index contributed by atoms with van der Waals surface area (Å²) >= 11 is 0. The van der Waals surface area contributed by atoms with Crippen LogP contribution in [0.15, 0.2) is 77.6 Å². The fourth-order valence-corrected chi connectivity index (χ4v) is 3.93. The molecule has 2 unspecified atom stereocenters. The number of nitrogens with one attached hydrogen (secondary N) is 1. The molecule has 2 aliphatic rings. The van der Waals surface area contributed by atoms with Gasteiger partial charge in [0.1, 0.15) is 11.7 Å². The predicted octanol–water partition coefficient (Wildman–Crippen LogP) is 5.44. The molecule has 3 nitrogen and oxygen atoms in total.